The maximum Gasteiger partial charge on any atom is 0.241 e. The summed E-state index contributed by atoms with van der Waals surface area (Å²) in [6.07, 6.45) is 9.58. The zero-order valence-electron chi connectivity index (χ0n) is 17.6. The zero-order chi connectivity index (χ0) is 19.4. The average Bonchev–Trinajstić information content (AvgIpc) is 2.75. The summed E-state index contributed by atoms with van der Waals surface area (Å²) in [4.78, 5) is 13.3. The van der Waals surface area contributed by atoms with Gasteiger partial charge in [-0.2, -0.15) is 0 Å². The van der Waals surface area contributed by atoms with Crippen LogP contribution in [0.4, 0.5) is 0 Å². The summed E-state index contributed by atoms with van der Waals surface area (Å²) in [6, 6.07) is 0. The van der Waals surface area contributed by atoms with Crippen LogP contribution in [0, 0.1) is 17.3 Å². The van der Waals surface area contributed by atoms with Crippen molar-refractivity contribution >= 4 is 14.1 Å². The van der Waals surface area contributed by atoms with Gasteiger partial charge in [-0.3, -0.25) is 4.79 Å². The van der Waals surface area contributed by atoms with Crippen LogP contribution in [0.15, 0.2) is 12.2 Å². The number of Topliss-reactive ketones (excluding diaryl/α,β-unsaturated/α-hetero) is 1. The third-order valence-electron chi connectivity index (χ3n) is 7.67. The SMILES string of the molecule is COC1(OC)C(=O)C2C=CC13[C@H](CCCC[C@@H]3O[Si](C)(C)C(C)(C)C)C2. The number of allylic oxidation sites excluding steroid dienone is 1. The van der Waals surface area contributed by atoms with E-state index in [-0.39, 0.29) is 22.8 Å². The second kappa shape index (κ2) is 6.54. The van der Waals surface area contributed by atoms with E-state index in [1.807, 2.05) is 0 Å². The smallest absolute Gasteiger partial charge is 0.241 e. The Hall–Kier alpha value is -0.493. The van der Waals surface area contributed by atoms with E-state index in [1.165, 1.54) is 6.42 Å². The summed E-state index contributed by atoms with van der Waals surface area (Å²) in [5.74, 6) is -0.861. The van der Waals surface area contributed by atoms with Crippen molar-refractivity contribution in [2.24, 2.45) is 17.3 Å². The maximum atomic E-state index is 13.3. The van der Waals surface area contributed by atoms with Crippen molar-refractivity contribution in [3.05, 3.63) is 12.2 Å². The molecule has 5 heteroatoms. The molecule has 0 aromatic rings. The van der Waals surface area contributed by atoms with Crippen LogP contribution in [0.1, 0.15) is 52.9 Å². The van der Waals surface area contributed by atoms with Gasteiger partial charge < -0.3 is 13.9 Å². The van der Waals surface area contributed by atoms with Crippen LogP contribution in [0.25, 0.3) is 0 Å². The molecule has 0 aliphatic heterocycles. The van der Waals surface area contributed by atoms with Gasteiger partial charge in [-0.1, -0.05) is 45.8 Å². The Morgan fingerprint density at radius 1 is 1.12 bits per heavy atom. The third kappa shape index (κ3) is 2.61. The maximum absolute atomic E-state index is 13.3. The number of hydrogen-bond donors (Lipinski definition) is 0. The second-order valence-corrected chi connectivity index (χ2v) is 14.6. The Balaban J connectivity index is 2.13. The van der Waals surface area contributed by atoms with Crippen LogP contribution in [-0.2, 0) is 18.7 Å². The first-order valence-corrected chi connectivity index (χ1v) is 13.0. The van der Waals surface area contributed by atoms with Crippen molar-refractivity contribution in [2.75, 3.05) is 14.2 Å². The van der Waals surface area contributed by atoms with Gasteiger partial charge in [0.05, 0.1) is 11.5 Å². The number of carbonyl (C=O) groups is 1. The van der Waals surface area contributed by atoms with Crippen LogP contribution in [-0.4, -0.2) is 40.2 Å². The van der Waals surface area contributed by atoms with Crippen LogP contribution < -0.4 is 0 Å². The van der Waals surface area contributed by atoms with E-state index in [4.69, 9.17) is 13.9 Å². The Bertz CT molecular complexity index is 587. The van der Waals surface area contributed by atoms with Crippen molar-refractivity contribution in [2.45, 2.75) is 82.9 Å². The molecule has 26 heavy (non-hydrogen) atoms. The minimum absolute atomic E-state index is 0.0442. The largest absolute Gasteiger partial charge is 0.413 e. The van der Waals surface area contributed by atoms with E-state index in [9.17, 15) is 4.79 Å². The third-order valence-corrected chi connectivity index (χ3v) is 12.2. The monoisotopic (exact) mass is 380 g/mol. The van der Waals surface area contributed by atoms with Gasteiger partial charge >= 0.3 is 0 Å². The Labute approximate surface area is 159 Å². The van der Waals surface area contributed by atoms with Gasteiger partial charge in [-0.05, 0) is 43.3 Å². The minimum Gasteiger partial charge on any atom is -0.413 e. The van der Waals surface area contributed by atoms with Crippen molar-refractivity contribution in [1.82, 2.24) is 0 Å². The number of fused-ring (bicyclic) bond motifs is 1. The van der Waals surface area contributed by atoms with Crippen molar-refractivity contribution in [3.8, 4) is 0 Å². The predicted molar refractivity (Wildman–Crippen MR) is 105 cm³/mol. The second-order valence-electron chi connectivity index (χ2n) is 9.87. The Morgan fingerprint density at radius 3 is 2.31 bits per heavy atom. The number of rotatable bonds is 4. The van der Waals surface area contributed by atoms with Gasteiger partial charge in [0.1, 0.15) is 0 Å². The van der Waals surface area contributed by atoms with E-state index >= 15 is 0 Å². The molecule has 2 bridgehead atoms. The highest BCUT2D eigenvalue weighted by Gasteiger charge is 2.70. The topological polar surface area (TPSA) is 44.8 Å². The summed E-state index contributed by atoms with van der Waals surface area (Å²) in [5.41, 5.74) is -0.519. The molecule has 148 valence electrons. The molecule has 4 atom stereocenters. The molecule has 2 unspecified atom stereocenters. The normalized spacial score (nSPS) is 36.7. The van der Waals surface area contributed by atoms with Gasteiger partial charge in [0, 0.05) is 20.1 Å². The molecule has 0 aromatic carbocycles. The highest BCUT2D eigenvalue weighted by molar-refractivity contribution is 6.74. The van der Waals surface area contributed by atoms with Gasteiger partial charge in [0.25, 0.3) is 0 Å². The molecule has 0 heterocycles. The van der Waals surface area contributed by atoms with Crippen molar-refractivity contribution in [3.63, 3.8) is 0 Å². The highest BCUT2D eigenvalue weighted by atomic mass is 28.4. The molecule has 4 rings (SSSR count). The van der Waals surface area contributed by atoms with Gasteiger partial charge in [0.15, 0.2) is 14.1 Å². The number of ether oxygens (including phenoxy) is 2. The zero-order valence-corrected chi connectivity index (χ0v) is 18.6. The number of hydrogen-bond acceptors (Lipinski definition) is 4. The summed E-state index contributed by atoms with van der Waals surface area (Å²) in [7, 11) is 1.24. The van der Waals surface area contributed by atoms with E-state index in [2.05, 4.69) is 46.0 Å². The summed E-state index contributed by atoms with van der Waals surface area (Å²) < 4.78 is 18.9. The molecule has 4 nitrogen and oxygen atoms in total. The van der Waals surface area contributed by atoms with E-state index in [0.717, 1.165) is 25.7 Å². The van der Waals surface area contributed by atoms with E-state index < -0.39 is 19.5 Å². The predicted octanol–water partition coefficient (Wildman–Crippen LogP) is 4.70. The van der Waals surface area contributed by atoms with Crippen LogP contribution >= 0.6 is 0 Å². The van der Waals surface area contributed by atoms with Crippen LogP contribution in [0.3, 0.4) is 0 Å². The molecule has 0 aromatic heterocycles. The molecule has 0 amide bonds. The van der Waals surface area contributed by atoms with Crippen LogP contribution in [0.5, 0.6) is 0 Å². The molecular weight excluding hydrogens is 344 g/mol. The summed E-state index contributed by atoms with van der Waals surface area (Å²) in [6.45, 7) is 11.4. The lowest BCUT2D eigenvalue weighted by Crippen LogP contribution is -2.71. The fourth-order valence-electron chi connectivity index (χ4n) is 5.25. The standard InChI is InChI=1S/C21H36O4Si/c1-19(2,3)26(6,7)25-17-11-9-8-10-16-14-15-12-13-20(16,17)21(23-4,24-5)18(15)22/h12-13,15-17H,8-11,14H2,1-7H3/t15?,16-,17+,20?/m1/s1. The first kappa shape index (κ1) is 20.2. The lowest BCUT2D eigenvalue weighted by Gasteiger charge is -2.60. The fraction of sp³-hybridized carbons (Fsp3) is 0.857. The quantitative estimate of drug-likeness (QED) is 0.403. The molecule has 0 saturated heterocycles. The molecule has 4 aliphatic rings. The number of methoxy groups -OCH3 is 2. The van der Waals surface area contributed by atoms with Crippen molar-refractivity contribution < 1.29 is 18.7 Å². The molecular formula is C21H36O4Si. The summed E-state index contributed by atoms with van der Waals surface area (Å²) in [5, 5.41) is 0.119. The van der Waals surface area contributed by atoms with Crippen LogP contribution in [0.2, 0.25) is 18.1 Å². The Kier molecular flexibility index (Phi) is 5.09. The summed E-state index contributed by atoms with van der Waals surface area (Å²) >= 11 is 0. The number of ketones is 1. The molecule has 1 spiro atoms. The first-order chi connectivity index (χ1) is 12.1. The van der Waals surface area contributed by atoms with Gasteiger partial charge in [-0.25, -0.2) is 0 Å². The minimum atomic E-state index is -2.00. The average molecular weight is 381 g/mol. The molecule has 4 aliphatic carbocycles. The van der Waals surface area contributed by atoms with E-state index in [1.54, 1.807) is 14.2 Å². The lowest BCUT2D eigenvalue weighted by atomic mass is 9.52. The molecule has 2 saturated carbocycles. The highest BCUT2D eigenvalue weighted by Crippen LogP contribution is 2.61. The Morgan fingerprint density at radius 2 is 1.73 bits per heavy atom. The molecule has 0 radical (unpaired) electrons. The van der Waals surface area contributed by atoms with Gasteiger partial charge in [-0.15, -0.1) is 0 Å². The number of carbonyl (C=O) groups excluding carboxylic acids is 1. The van der Waals surface area contributed by atoms with Gasteiger partial charge in [0.2, 0.25) is 5.79 Å². The molecule has 0 N–H and O–H groups in total. The van der Waals surface area contributed by atoms with Crippen molar-refractivity contribution in [1.29, 1.82) is 0 Å². The van der Waals surface area contributed by atoms with E-state index in [0.29, 0.717) is 5.92 Å². The molecule has 2 fully saturated rings. The fourth-order valence-corrected chi connectivity index (χ4v) is 6.62. The first-order valence-electron chi connectivity index (χ1n) is 10.1. The lowest BCUT2D eigenvalue weighted by molar-refractivity contribution is -0.292.